The van der Waals surface area contributed by atoms with E-state index in [4.69, 9.17) is 0 Å². The molecule has 0 radical (unpaired) electrons. The summed E-state index contributed by atoms with van der Waals surface area (Å²) in [5.41, 5.74) is 2.40. The Hall–Kier alpha value is -1.53. The number of halogens is 1. The van der Waals surface area contributed by atoms with E-state index in [1.165, 1.54) is 23.6 Å². The molecule has 0 saturated carbocycles. The highest BCUT2D eigenvalue weighted by molar-refractivity contribution is 7.12. The third-order valence-corrected chi connectivity index (χ3v) is 3.57. The average Bonchev–Trinajstić information content (AvgIpc) is 2.90. The lowest BCUT2D eigenvalue weighted by molar-refractivity contribution is -0.120. The van der Waals surface area contributed by atoms with Crippen LogP contribution in [0.15, 0.2) is 34.7 Å². The fourth-order valence-corrected chi connectivity index (χ4v) is 2.48. The first-order chi connectivity index (χ1) is 8.24. The second-order valence-corrected chi connectivity index (χ2v) is 5.29. The van der Waals surface area contributed by atoms with E-state index in [1.807, 2.05) is 17.5 Å². The van der Waals surface area contributed by atoms with Crippen LogP contribution in [-0.4, -0.2) is 12.1 Å². The first-order valence-electron chi connectivity index (χ1n) is 4.83. The number of hydrazone groups is 1. The minimum Gasteiger partial charge on any atom is -0.273 e. The lowest BCUT2D eigenvalue weighted by Crippen LogP contribution is -2.19. The van der Waals surface area contributed by atoms with Gasteiger partial charge in [0.2, 0.25) is 5.91 Å². The topological polar surface area (TPSA) is 41.5 Å². The van der Waals surface area contributed by atoms with Gasteiger partial charge in [0.15, 0.2) is 5.13 Å². The normalized spacial score (nSPS) is 10.9. The summed E-state index contributed by atoms with van der Waals surface area (Å²) in [4.78, 5) is 13.1. The molecule has 2 rings (SSSR count). The van der Waals surface area contributed by atoms with E-state index in [9.17, 15) is 9.18 Å². The molecule has 3 nitrogen and oxygen atoms in total. The van der Waals surface area contributed by atoms with Crippen LogP contribution in [-0.2, 0) is 11.2 Å². The van der Waals surface area contributed by atoms with Crippen molar-refractivity contribution in [2.75, 3.05) is 0 Å². The van der Waals surface area contributed by atoms with Crippen molar-refractivity contribution in [3.8, 4) is 0 Å². The summed E-state index contributed by atoms with van der Waals surface area (Å²) in [6.07, 6.45) is 1.74. The lowest BCUT2D eigenvalue weighted by Gasteiger charge is -1.96. The highest BCUT2D eigenvalue weighted by atomic mass is 32.1. The Kier molecular flexibility index (Phi) is 4.00. The maximum Gasteiger partial charge on any atom is 0.245 e. The van der Waals surface area contributed by atoms with Crippen molar-refractivity contribution in [1.29, 1.82) is 0 Å². The molecule has 88 valence electrons. The molecule has 0 aromatic carbocycles. The smallest absolute Gasteiger partial charge is 0.245 e. The van der Waals surface area contributed by atoms with E-state index in [0.29, 0.717) is 11.3 Å². The van der Waals surface area contributed by atoms with Crippen molar-refractivity contribution in [2.45, 2.75) is 6.42 Å². The van der Waals surface area contributed by atoms with Gasteiger partial charge in [-0.25, -0.2) is 5.43 Å². The van der Waals surface area contributed by atoms with Gasteiger partial charge in [-0.3, -0.25) is 4.79 Å². The quantitative estimate of drug-likeness (QED) is 0.672. The van der Waals surface area contributed by atoms with Gasteiger partial charge in [0.1, 0.15) is 0 Å². The zero-order chi connectivity index (χ0) is 12.1. The van der Waals surface area contributed by atoms with E-state index >= 15 is 0 Å². The van der Waals surface area contributed by atoms with Crippen LogP contribution in [0.1, 0.15) is 9.75 Å². The van der Waals surface area contributed by atoms with Gasteiger partial charge >= 0.3 is 0 Å². The Labute approximate surface area is 106 Å². The molecule has 0 saturated heterocycles. The summed E-state index contributed by atoms with van der Waals surface area (Å²) < 4.78 is 12.6. The molecule has 0 fully saturated rings. The summed E-state index contributed by atoms with van der Waals surface area (Å²) in [5.74, 6) is -0.180. The van der Waals surface area contributed by atoms with E-state index in [0.717, 1.165) is 16.2 Å². The van der Waals surface area contributed by atoms with Crippen molar-refractivity contribution < 1.29 is 9.18 Å². The van der Waals surface area contributed by atoms with Crippen LogP contribution in [0.3, 0.4) is 0 Å². The summed E-state index contributed by atoms with van der Waals surface area (Å²) >= 11 is 2.50. The minimum atomic E-state index is -0.267. The summed E-state index contributed by atoms with van der Waals surface area (Å²) in [5, 5.41) is 5.41. The van der Waals surface area contributed by atoms with Crippen molar-refractivity contribution in [2.24, 2.45) is 5.10 Å². The van der Waals surface area contributed by atoms with E-state index in [-0.39, 0.29) is 11.0 Å². The molecule has 2 heterocycles. The standard InChI is InChI=1S/C11H9FN2OS2/c12-10-4-3-9(17-10)7-13-14-11(15)6-8-2-1-5-16-8/h1-5,7H,6H2,(H,14,15)/b13-7-. The number of thiophene rings is 2. The Balaban J connectivity index is 1.82. The third kappa shape index (κ3) is 3.76. The highest BCUT2D eigenvalue weighted by Crippen LogP contribution is 2.11. The van der Waals surface area contributed by atoms with Gasteiger partial charge in [0.05, 0.1) is 17.5 Å². The van der Waals surface area contributed by atoms with Crippen LogP contribution in [0.2, 0.25) is 0 Å². The van der Waals surface area contributed by atoms with Gasteiger partial charge in [-0.1, -0.05) is 6.07 Å². The molecule has 0 atom stereocenters. The second-order valence-electron chi connectivity index (χ2n) is 3.19. The Bertz CT molecular complexity index is 519. The fourth-order valence-electron chi connectivity index (χ4n) is 1.18. The second kappa shape index (κ2) is 5.70. The fraction of sp³-hybridized carbons (Fsp3) is 0.0909. The molecule has 0 unspecified atom stereocenters. The van der Waals surface area contributed by atoms with Crippen LogP contribution >= 0.6 is 22.7 Å². The average molecular weight is 268 g/mol. The van der Waals surface area contributed by atoms with Gasteiger partial charge in [0.25, 0.3) is 0 Å². The van der Waals surface area contributed by atoms with E-state index in [2.05, 4.69) is 10.5 Å². The highest BCUT2D eigenvalue weighted by Gasteiger charge is 2.02. The summed E-state index contributed by atoms with van der Waals surface area (Å²) in [7, 11) is 0. The third-order valence-electron chi connectivity index (χ3n) is 1.89. The number of carbonyl (C=O) groups excluding carboxylic acids is 1. The zero-order valence-corrected chi connectivity index (χ0v) is 10.4. The molecule has 2 aromatic rings. The Morgan fingerprint density at radius 3 is 3.00 bits per heavy atom. The van der Waals surface area contributed by atoms with Gasteiger partial charge in [-0.05, 0) is 23.6 Å². The van der Waals surface area contributed by atoms with Crippen molar-refractivity contribution in [1.82, 2.24) is 5.43 Å². The molecule has 0 aliphatic rings. The molecule has 17 heavy (non-hydrogen) atoms. The zero-order valence-electron chi connectivity index (χ0n) is 8.72. The number of hydrogen-bond donors (Lipinski definition) is 1. The van der Waals surface area contributed by atoms with E-state index < -0.39 is 0 Å². The number of rotatable bonds is 4. The van der Waals surface area contributed by atoms with Crippen LogP contribution in [0.4, 0.5) is 4.39 Å². The molecule has 1 amide bonds. The molecule has 0 aliphatic heterocycles. The molecule has 6 heteroatoms. The van der Waals surface area contributed by atoms with Crippen LogP contribution in [0, 0.1) is 5.13 Å². The van der Waals surface area contributed by atoms with Gasteiger partial charge in [-0.15, -0.1) is 22.7 Å². The van der Waals surface area contributed by atoms with Gasteiger partial charge < -0.3 is 0 Å². The predicted octanol–water partition coefficient (Wildman–Crippen LogP) is 2.64. The summed E-state index contributed by atoms with van der Waals surface area (Å²) in [6, 6.07) is 6.75. The molecule has 2 aromatic heterocycles. The number of carbonyl (C=O) groups is 1. The van der Waals surface area contributed by atoms with Crippen molar-refractivity contribution in [3.05, 3.63) is 44.5 Å². The molecule has 0 bridgehead atoms. The maximum atomic E-state index is 12.6. The molecular formula is C11H9FN2OS2. The van der Waals surface area contributed by atoms with Crippen LogP contribution in [0.25, 0.3) is 0 Å². The molecule has 1 N–H and O–H groups in total. The Morgan fingerprint density at radius 1 is 1.47 bits per heavy atom. The number of hydrogen-bond acceptors (Lipinski definition) is 4. The first-order valence-corrected chi connectivity index (χ1v) is 6.53. The Morgan fingerprint density at radius 2 is 2.35 bits per heavy atom. The van der Waals surface area contributed by atoms with Crippen LogP contribution in [0.5, 0.6) is 0 Å². The minimum absolute atomic E-state index is 0.180. The van der Waals surface area contributed by atoms with Crippen molar-refractivity contribution in [3.63, 3.8) is 0 Å². The molecule has 0 spiro atoms. The van der Waals surface area contributed by atoms with Crippen molar-refractivity contribution >= 4 is 34.8 Å². The SMILES string of the molecule is O=C(Cc1cccs1)N/N=C\c1ccc(F)s1. The predicted molar refractivity (Wildman–Crippen MR) is 68.0 cm³/mol. The maximum absolute atomic E-state index is 12.6. The van der Waals surface area contributed by atoms with Gasteiger partial charge in [0, 0.05) is 4.88 Å². The van der Waals surface area contributed by atoms with Crippen LogP contribution < -0.4 is 5.43 Å². The van der Waals surface area contributed by atoms with Gasteiger partial charge in [-0.2, -0.15) is 9.49 Å². The first kappa shape index (κ1) is 11.9. The summed E-state index contributed by atoms with van der Waals surface area (Å²) in [6.45, 7) is 0. The number of nitrogens with one attached hydrogen (secondary N) is 1. The number of nitrogens with zero attached hydrogens (tertiary/aromatic N) is 1. The monoisotopic (exact) mass is 268 g/mol. The number of amides is 1. The molecular weight excluding hydrogens is 259 g/mol. The largest absolute Gasteiger partial charge is 0.273 e. The van der Waals surface area contributed by atoms with E-state index in [1.54, 1.807) is 6.07 Å². The lowest BCUT2D eigenvalue weighted by atomic mass is 10.3. The molecule has 0 aliphatic carbocycles.